The number of carbonyl (C=O) groups excluding carboxylic acids is 1. The lowest BCUT2D eigenvalue weighted by Gasteiger charge is -2.18. The zero-order chi connectivity index (χ0) is 20.3. The van der Waals surface area contributed by atoms with Gasteiger partial charge in [-0.05, 0) is 44.2 Å². The minimum Gasteiger partial charge on any atom is -0.491 e. The summed E-state index contributed by atoms with van der Waals surface area (Å²) in [5.74, 6) is 1.04. The molecule has 4 nitrogen and oxygen atoms in total. The molecule has 7 heteroatoms. The number of hydrogen-bond donors (Lipinski definition) is 0. The molecule has 0 aromatic heterocycles. The molecule has 0 N–H and O–H groups in total. The molecule has 0 aliphatic carbocycles. The molecular formula is C21H19F3O4. The van der Waals surface area contributed by atoms with E-state index in [-0.39, 0.29) is 30.6 Å². The summed E-state index contributed by atoms with van der Waals surface area (Å²) < 4.78 is 56.7. The molecule has 0 unspecified atom stereocenters. The minimum absolute atomic E-state index is 0.00498. The molecule has 148 valence electrons. The van der Waals surface area contributed by atoms with Crippen molar-refractivity contribution in [3.05, 3.63) is 58.7 Å². The van der Waals surface area contributed by atoms with Crippen LogP contribution in [-0.4, -0.2) is 19.0 Å². The van der Waals surface area contributed by atoms with Crippen LogP contribution in [0.5, 0.6) is 17.2 Å². The molecule has 2 aromatic rings. The van der Waals surface area contributed by atoms with Crippen molar-refractivity contribution in [3.8, 4) is 17.2 Å². The van der Waals surface area contributed by atoms with Crippen LogP contribution in [0, 0.1) is 0 Å². The summed E-state index contributed by atoms with van der Waals surface area (Å²) in [4.78, 5) is 10.8. The van der Waals surface area contributed by atoms with Crippen molar-refractivity contribution in [3.63, 3.8) is 0 Å². The van der Waals surface area contributed by atoms with Gasteiger partial charge in [-0.3, -0.25) is 4.79 Å². The maximum absolute atomic E-state index is 13.4. The van der Waals surface area contributed by atoms with Crippen molar-refractivity contribution >= 4 is 12.4 Å². The SMILES string of the molecule is CC(C)Oc1ccc(COc2ccc3c(c2)OCC(C=O)=C3)c(C(F)(F)F)c1. The first kappa shape index (κ1) is 19.8. The van der Waals surface area contributed by atoms with Gasteiger partial charge < -0.3 is 14.2 Å². The lowest BCUT2D eigenvalue weighted by molar-refractivity contribution is -0.138. The molecule has 2 aromatic carbocycles. The zero-order valence-corrected chi connectivity index (χ0v) is 15.4. The highest BCUT2D eigenvalue weighted by Gasteiger charge is 2.34. The predicted octanol–water partition coefficient (Wildman–Crippen LogP) is 5.05. The molecule has 0 fully saturated rings. The van der Waals surface area contributed by atoms with Crippen molar-refractivity contribution in [2.24, 2.45) is 0 Å². The Hall–Kier alpha value is -2.96. The highest BCUT2D eigenvalue weighted by Crippen LogP contribution is 2.36. The van der Waals surface area contributed by atoms with E-state index >= 15 is 0 Å². The summed E-state index contributed by atoms with van der Waals surface area (Å²) in [5, 5.41) is 0. The van der Waals surface area contributed by atoms with E-state index < -0.39 is 11.7 Å². The van der Waals surface area contributed by atoms with Gasteiger partial charge in [0.25, 0.3) is 0 Å². The number of halogens is 3. The maximum atomic E-state index is 13.4. The third-order valence-corrected chi connectivity index (χ3v) is 4.02. The van der Waals surface area contributed by atoms with Gasteiger partial charge in [-0.2, -0.15) is 13.2 Å². The van der Waals surface area contributed by atoms with E-state index in [0.29, 0.717) is 22.6 Å². The van der Waals surface area contributed by atoms with Crippen LogP contribution in [0.2, 0.25) is 0 Å². The van der Waals surface area contributed by atoms with Gasteiger partial charge in [0.15, 0.2) is 0 Å². The van der Waals surface area contributed by atoms with E-state index in [1.165, 1.54) is 12.1 Å². The molecule has 0 bridgehead atoms. The molecule has 0 amide bonds. The van der Waals surface area contributed by atoms with E-state index in [0.717, 1.165) is 12.4 Å². The second kappa shape index (κ2) is 7.96. The number of fused-ring (bicyclic) bond motifs is 1. The Balaban J connectivity index is 1.79. The van der Waals surface area contributed by atoms with Gasteiger partial charge >= 0.3 is 6.18 Å². The number of hydrogen-bond acceptors (Lipinski definition) is 4. The summed E-state index contributed by atoms with van der Waals surface area (Å²) in [7, 11) is 0. The van der Waals surface area contributed by atoms with Gasteiger partial charge in [0, 0.05) is 22.8 Å². The molecule has 3 rings (SSSR count). The first-order chi connectivity index (χ1) is 13.3. The molecule has 0 saturated heterocycles. The van der Waals surface area contributed by atoms with Crippen LogP contribution in [0.3, 0.4) is 0 Å². The van der Waals surface area contributed by atoms with Crippen LogP contribution in [0.25, 0.3) is 6.08 Å². The molecule has 1 aliphatic rings. The number of aldehydes is 1. The third-order valence-electron chi connectivity index (χ3n) is 4.02. The van der Waals surface area contributed by atoms with Crippen LogP contribution in [-0.2, 0) is 17.6 Å². The van der Waals surface area contributed by atoms with Crippen LogP contribution in [0.1, 0.15) is 30.5 Å². The number of rotatable bonds is 6. The van der Waals surface area contributed by atoms with E-state index in [2.05, 4.69) is 0 Å². The molecule has 0 spiro atoms. The summed E-state index contributed by atoms with van der Waals surface area (Å²) >= 11 is 0. The summed E-state index contributed by atoms with van der Waals surface area (Å²) in [6.07, 6.45) is -2.33. The monoisotopic (exact) mass is 392 g/mol. The van der Waals surface area contributed by atoms with Crippen molar-refractivity contribution in [1.29, 1.82) is 0 Å². The molecular weight excluding hydrogens is 373 g/mol. The normalized spacial score (nSPS) is 13.4. The van der Waals surface area contributed by atoms with Gasteiger partial charge in [0.1, 0.15) is 36.7 Å². The van der Waals surface area contributed by atoms with E-state index in [1.807, 2.05) is 0 Å². The van der Waals surface area contributed by atoms with Crippen LogP contribution >= 0.6 is 0 Å². The van der Waals surface area contributed by atoms with Crippen molar-refractivity contribution in [1.82, 2.24) is 0 Å². The molecule has 1 aliphatic heterocycles. The van der Waals surface area contributed by atoms with Crippen molar-refractivity contribution in [2.75, 3.05) is 6.61 Å². The molecule has 0 radical (unpaired) electrons. The van der Waals surface area contributed by atoms with Gasteiger partial charge in [0.05, 0.1) is 11.7 Å². The van der Waals surface area contributed by atoms with Gasteiger partial charge in [-0.25, -0.2) is 0 Å². The minimum atomic E-state index is -4.52. The number of benzene rings is 2. The Morgan fingerprint density at radius 1 is 1.14 bits per heavy atom. The first-order valence-corrected chi connectivity index (χ1v) is 8.68. The summed E-state index contributed by atoms with van der Waals surface area (Å²) in [6, 6.07) is 8.75. The van der Waals surface area contributed by atoms with Crippen molar-refractivity contribution < 1.29 is 32.2 Å². The fourth-order valence-corrected chi connectivity index (χ4v) is 2.77. The Labute approximate surface area is 160 Å². The van der Waals surface area contributed by atoms with Crippen LogP contribution in [0.4, 0.5) is 13.2 Å². The Bertz CT molecular complexity index is 901. The molecule has 0 saturated carbocycles. The fourth-order valence-electron chi connectivity index (χ4n) is 2.77. The smallest absolute Gasteiger partial charge is 0.416 e. The predicted molar refractivity (Wildman–Crippen MR) is 97.5 cm³/mol. The fraction of sp³-hybridized carbons (Fsp3) is 0.286. The van der Waals surface area contributed by atoms with Gasteiger partial charge in [0.2, 0.25) is 0 Å². The van der Waals surface area contributed by atoms with Crippen molar-refractivity contribution in [2.45, 2.75) is 32.7 Å². The molecule has 1 heterocycles. The van der Waals surface area contributed by atoms with Gasteiger partial charge in [-0.1, -0.05) is 6.07 Å². The maximum Gasteiger partial charge on any atom is 0.416 e. The molecule has 0 atom stereocenters. The lowest BCUT2D eigenvalue weighted by Crippen LogP contribution is -2.13. The topological polar surface area (TPSA) is 44.8 Å². The summed E-state index contributed by atoms with van der Waals surface area (Å²) in [6.45, 7) is 3.38. The lowest BCUT2D eigenvalue weighted by atomic mass is 10.1. The second-order valence-corrected chi connectivity index (χ2v) is 6.60. The van der Waals surface area contributed by atoms with Gasteiger partial charge in [-0.15, -0.1) is 0 Å². The summed E-state index contributed by atoms with van der Waals surface area (Å²) in [5.41, 5.74) is 0.440. The van der Waals surface area contributed by atoms with E-state index in [4.69, 9.17) is 14.2 Å². The Morgan fingerprint density at radius 3 is 2.57 bits per heavy atom. The Morgan fingerprint density at radius 2 is 1.89 bits per heavy atom. The highest BCUT2D eigenvalue weighted by molar-refractivity contribution is 5.84. The average Bonchev–Trinajstić information content (AvgIpc) is 2.65. The van der Waals surface area contributed by atoms with E-state index in [9.17, 15) is 18.0 Å². The standard InChI is InChI=1S/C21H19F3O4/c1-13(2)28-18-6-4-16(19(8-18)21(22,23)24)12-26-17-5-3-15-7-14(10-25)11-27-20(15)9-17/h3-10,13H,11-12H2,1-2H3. The number of carbonyl (C=O) groups is 1. The van der Waals surface area contributed by atoms with Crippen LogP contribution in [0.15, 0.2) is 42.0 Å². The van der Waals surface area contributed by atoms with Crippen LogP contribution < -0.4 is 14.2 Å². The highest BCUT2D eigenvalue weighted by atomic mass is 19.4. The largest absolute Gasteiger partial charge is 0.491 e. The third kappa shape index (κ3) is 4.65. The molecule has 28 heavy (non-hydrogen) atoms. The average molecular weight is 392 g/mol. The second-order valence-electron chi connectivity index (χ2n) is 6.60. The first-order valence-electron chi connectivity index (χ1n) is 8.68. The Kier molecular flexibility index (Phi) is 5.63. The number of ether oxygens (including phenoxy) is 3. The van der Waals surface area contributed by atoms with E-state index in [1.54, 1.807) is 38.1 Å². The zero-order valence-electron chi connectivity index (χ0n) is 15.4. The quantitative estimate of drug-likeness (QED) is 0.646. The number of alkyl halides is 3.